The molecular weight excluding hydrogens is 230 g/mol. The van der Waals surface area contributed by atoms with Gasteiger partial charge in [0.15, 0.2) is 11.6 Å². The molecule has 6 nitrogen and oxygen atoms in total. The van der Waals surface area contributed by atoms with Gasteiger partial charge in [-0.25, -0.2) is 9.67 Å². The molecule has 0 aromatic carbocycles. The van der Waals surface area contributed by atoms with Crippen molar-refractivity contribution in [3.8, 4) is 5.82 Å². The minimum atomic E-state index is -0.530. The van der Waals surface area contributed by atoms with Crippen molar-refractivity contribution in [1.29, 1.82) is 0 Å². The van der Waals surface area contributed by atoms with Gasteiger partial charge in [-0.3, -0.25) is 4.79 Å². The van der Waals surface area contributed by atoms with E-state index in [1.807, 2.05) is 0 Å². The highest BCUT2D eigenvalue weighted by Crippen LogP contribution is 2.17. The molecule has 2 heterocycles. The second-order valence-electron chi connectivity index (χ2n) is 3.08. The smallest absolute Gasteiger partial charge is 0.250 e. The number of hydrogen-bond donors (Lipinski definition) is 2. The van der Waals surface area contributed by atoms with Crippen LogP contribution in [0, 0.1) is 0 Å². The number of nitrogen functional groups attached to an aromatic ring is 1. The maximum absolute atomic E-state index is 10.8. The molecule has 0 aliphatic carbocycles. The Bertz CT molecular complexity index is 514. The van der Waals surface area contributed by atoms with Crippen molar-refractivity contribution in [2.45, 2.75) is 0 Å². The van der Waals surface area contributed by atoms with Crippen LogP contribution < -0.4 is 11.5 Å². The van der Waals surface area contributed by atoms with Crippen molar-refractivity contribution in [2.75, 3.05) is 5.73 Å². The molecule has 0 aliphatic heterocycles. The minimum Gasteiger partial charge on any atom is -0.381 e. The van der Waals surface area contributed by atoms with Gasteiger partial charge in [-0.1, -0.05) is 11.6 Å². The molecule has 16 heavy (non-hydrogen) atoms. The lowest BCUT2D eigenvalue weighted by molar-refractivity contribution is 0.1000. The summed E-state index contributed by atoms with van der Waals surface area (Å²) < 4.78 is 1.42. The summed E-state index contributed by atoms with van der Waals surface area (Å²) in [6.45, 7) is 0. The molecule has 0 saturated carbocycles. The number of amides is 1. The molecule has 0 radical (unpaired) electrons. The summed E-state index contributed by atoms with van der Waals surface area (Å²) >= 11 is 5.75. The largest absolute Gasteiger partial charge is 0.381 e. The highest BCUT2D eigenvalue weighted by molar-refractivity contribution is 6.32. The number of carbonyl (C=O) groups is 1. The third-order valence-corrected chi connectivity index (χ3v) is 2.25. The lowest BCUT2D eigenvalue weighted by Gasteiger charge is -2.00. The molecule has 2 aromatic rings. The lowest BCUT2D eigenvalue weighted by Crippen LogP contribution is -2.11. The fraction of sp³-hybridized carbons (Fsp3) is 0. The predicted octanol–water partition coefficient (Wildman–Crippen LogP) is 0.602. The summed E-state index contributed by atoms with van der Waals surface area (Å²) in [5, 5.41) is 4.29. The van der Waals surface area contributed by atoms with E-state index >= 15 is 0 Å². The van der Waals surface area contributed by atoms with Gasteiger partial charge in [0.05, 0.1) is 11.8 Å². The molecule has 0 saturated heterocycles. The minimum absolute atomic E-state index is 0.224. The molecule has 0 aliphatic rings. The van der Waals surface area contributed by atoms with E-state index in [0.29, 0.717) is 16.4 Å². The first kappa shape index (κ1) is 10.4. The number of carbonyl (C=O) groups excluding carboxylic acids is 1. The normalized spacial score (nSPS) is 10.3. The summed E-state index contributed by atoms with van der Waals surface area (Å²) in [6, 6.07) is 3.15. The van der Waals surface area contributed by atoms with Crippen LogP contribution in [0.5, 0.6) is 0 Å². The van der Waals surface area contributed by atoms with Crippen LogP contribution in [-0.4, -0.2) is 20.7 Å². The highest BCUT2D eigenvalue weighted by atomic mass is 35.5. The Morgan fingerprint density at radius 3 is 2.62 bits per heavy atom. The summed E-state index contributed by atoms with van der Waals surface area (Å²) in [6.07, 6.45) is 2.90. The van der Waals surface area contributed by atoms with Gasteiger partial charge in [-0.15, -0.1) is 5.10 Å². The van der Waals surface area contributed by atoms with Gasteiger partial charge < -0.3 is 11.5 Å². The number of nitrogens with zero attached hydrogens (tertiary/aromatic N) is 3. The van der Waals surface area contributed by atoms with Gasteiger partial charge in [0.1, 0.15) is 5.02 Å². The van der Waals surface area contributed by atoms with E-state index in [0.717, 1.165) is 0 Å². The van der Waals surface area contributed by atoms with Crippen LogP contribution in [0.2, 0.25) is 5.02 Å². The monoisotopic (exact) mass is 237 g/mol. The van der Waals surface area contributed by atoms with E-state index in [9.17, 15) is 4.79 Å². The lowest BCUT2D eigenvalue weighted by atomic mass is 10.3. The van der Waals surface area contributed by atoms with E-state index < -0.39 is 5.91 Å². The third kappa shape index (κ3) is 1.82. The van der Waals surface area contributed by atoms with Crippen LogP contribution in [0.3, 0.4) is 0 Å². The fourth-order valence-electron chi connectivity index (χ4n) is 1.15. The first-order valence-electron chi connectivity index (χ1n) is 4.35. The second-order valence-corrected chi connectivity index (χ2v) is 3.48. The Morgan fingerprint density at radius 2 is 2.19 bits per heavy atom. The molecule has 2 rings (SSSR count). The number of halogens is 1. The highest BCUT2D eigenvalue weighted by Gasteiger charge is 2.06. The van der Waals surface area contributed by atoms with Gasteiger partial charge in [0.2, 0.25) is 5.91 Å². The molecule has 4 N–H and O–H groups in total. The molecule has 0 fully saturated rings. The van der Waals surface area contributed by atoms with Crippen LogP contribution in [0.1, 0.15) is 10.4 Å². The number of anilines is 1. The standard InChI is InChI=1S/C9H8ClN5O/c10-6-4-15(14-8(6)11)7-2-1-5(3-13-7)9(12)16/h1-4H,(H2,11,14)(H2,12,16). The van der Waals surface area contributed by atoms with Crippen LogP contribution in [0.4, 0.5) is 5.82 Å². The molecule has 82 valence electrons. The predicted molar refractivity (Wildman–Crippen MR) is 59.3 cm³/mol. The molecular formula is C9H8ClN5O. The van der Waals surface area contributed by atoms with Crippen molar-refractivity contribution < 1.29 is 4.79 Å². The van der Waals surface area contributed by atoms with Crippen molar-refractivity contribution in [2.24, 2.45) is 5.73 Å². The molecule has 1 amide bonds. The zero-order valence-corrected chi connectivity index (χ0v) is 8.85. The van der Waals surface area contributed by atoms with Gasteiger partial charge in [-0.05, 0) is 12.1 Å². The average molecular weight is 238 g/mol. The summed E-state index contributed by atoms with van der Waals surface area (Å²) in [7, 11) is 0. The first-order chi connectivity index (χ1) is 7.58. The van der Waals surface area contributed by atoms with Crippen molar-refractivity contribution in [3.05, 3.63) is 35.1 Å². The Hall–Kier alpha value is -2.08. The second kappa shape index (κ2) is 3.82. The summed E-state index contributed by atoms with van der Waals surface area (Å²) in [5.41, 5.74) is 10.9. The number of pyridine rings is 1. The van der Waals surface area contributed by atoms with E-state index in [2.05, 4.69) is 10.1 Å². The fourth-order valence-corrected chi connectivity index (χ4v) is 1.28. The molecule has 2 aromatic heterocycles. The van der Waals surface area contributed by atoms with Gasteiger partial charge in [0.25, 0.3) is 0 Å². The number of nitrogens with two attached hydrogens (primary N) is 2. The van der Waals surface area contributed by atoms with Crippen molar-refractivity contribution >= 4 is 23.3 Å². The van der Waals surface area contributed by atoms with Crippen molar-refractivity contribution in [1.82, 2.24) is 14.8 Å². The van der Waals surface area contributed by atoms with Crippen LogP contribution in [0.15, 0.2) is 24.5 Å². The molecule has 0 atom stereocenters. The van der Waals surface area contributed by atoms with E-state index in [-0.39, 0.29) is 5.82 Å². The Morgan fingerprint density at radius 1 is 1.44 bits per heavy atom. The zero-order valence-electron chi connectivity index (χ0n) is 8.09. The van der Waals surface area contributed by atoms with E-state index in [1.54, 1.807) is 12.1 Å². The SMILES string of the molecule is NC(=O)c1ccc(-n2cc(Cl)c(N)n2)nc1. The number of aromatic nitrogens is 3. The Kier molecular flexibility index (Phi) is 2.49. The van der Waals surface area contributed by atoms with E-state index in [4.69, 9.17) is 23.1 Å². The molecule has 0 bridgehead atoms. The topological polar surface area (TPSA) is 99.8 Å². The number of rotatable bonds is 2. The van der Waals surface area contributed by atoms with Crippen molar-refractivity contribution in [3.63, 3.8) is 0 Å². The third-order valence-electron chi connectivity index (χ3n) is 1.96. The van der Waals surface area contributed by atoms with Gasteiger partial charge in [0, 0.05) is 6.20 Å². The average Bonchev–Trinajstić information content (AvgIpc) is 2.59. The maximum Gasteiger partial charge on any atom is 0.250 e. The molecule has 0 spiro atoms. The van der Waals surface area contributed by atoms with E-state index in [1.165, 1.54) is 17.1 Å². The summed E-state index contributed by atoms with van der Waals surface area (Å²) in [4.78, 5) is 14.8. The molecule has 7 heteroatoms. The Balaban J connectivity index is 2.38. The zero-order chi connectivity index (χ0) is 11.7. The molecule has 0 unspecified atom stereocenters. The quantitative estimate of drug-likeness (QED) is 0.799. The number of primary amides is 1. The number of hydrogen-bond acceptors (Lipinski definition) is 4. The maximum atomic E-state index is 10.8. The van der Waals surface area contributed by atoms with Crippen LogP contribution in [-0.2, 0) is 0 Å². The van der Waals surface area contributed by atoms with Gasteiger partial charge in [-0.2, -0.15) is 0 Å². The van der Waals surface area contributed by atoms with Crippen LogP contribution in [0.25, 0.3) is 5.82 Å². The van der Waals surface area contributed by atoms with Gasteiger partial charge >= 0.3 is 0 Å². The first-order valence-corrected chi connectivity index (χ1v) is 4.72. The summed E-state index contributed by atoms with van der Waals surface area (Å²) in [5.74, 6) is 0.197. The van der Waals surface area contributed by atoms with Crippen LogP contribution >= 0.6 is 11.6 Å². The Labute approximate surface area is 95.8 Å².